The third-order valence-electron chi connectivity index (χ3n) is 9.69. The van der Waals surface area contributed by atoms with Gasteiger partial charge in [-0.2, -0.15) is 0 Å². The summed E-state index contributed by atoms with van der Waals surface area (Å²) in [4.78, 5) is 29.0. The Hall–Kier alpha value is -4.62. The fourth-order valence-corrected chi connectivity index (χ4v) is 6.85. The van der Waals surface area contributed by atoms with Crippen LogP contribution in [0.5, 0.6) is 5.88 Å². The van der Waals surface area contributed by atoms with Crippen molar-refractivity contribution in [1.82, 2.24) is 15.0 Å². The molecule has 13 nitrogen and oxygen atoms in total. The second-order valence-electron chi connectivity index (χ2n) is 13.0. The molecule has 0 aliphatic carbocycles. The third-order valence-corrected chi connectivity index (χ3v) is 9.69. The number of hydrogen-bond acceptors (Lipinski definition) is 12. The SMILES string of the molecule is C[C@@H]1N(c2cc(C#CCC3(O)COC3)cnc2O[C@H]2C[C@@H](C(=O)O)N(c3nc(C(F)F)nc4c3oc3ccccc34)C2)CCOC12COC2. The molecule has 49 heavy (non-hydrogen) atoms. The highest BCUT2D eigenvalue weighted by Gasteiger charge is 2.50. The summed E-state index contributed by atoms with van der Waals surface area (Å²) in [6.07, 6.45) is -1.87. The summed E-state index contributed by atoms with van der Waals surface area (Å²) in [7, 11) is 0. The van der Waals surface area contributed by atoms with Gasteiger partial charge in [0.25, 0.3) is 6.43 Å². The molecule has 4 fully saturated rings. The number of pyridine rings is 1. The smallest absolute Gasteiger partial charge is 0.326 e. The van der Waals surface area contributed by atoms with E-state index in [-0.39, 0.29) is 61.4 Å². The van der Waals surface area contributed by atoms with Crippen molar-refractivity contribution in [3.63, 3.8) is 0 Å². The van der Waals surface area contributed by atoms with Crippen molar-refractivity contribution in [3.8, 4) is 17.7 Å². The van der Waals surface area contributed by atoms with Crippen LogP contribution < -0.4 is 14.5 Å². The van der Waals surface area contributed by atoms with E-state index in [4.69, 9.17) is 23.4 Å². The van der Waals surface area contributed by atoms with Gasteiger partial charge in [0.05, 0.1) is 45.6 Å². The van der Waals surface area contributed by atoms with Gasteiger partial charge in [-0.05, 0) is 25.1 Å². The lowest BCUT2D eigenvalue weighted by Crippen LogP contribution is -2.68. The normalized spacial score (nSPS) is 24.1. The molecule has 0 bridgehead atoms. The second kappa shape index (κ2) is 12.1. The third kappa shape index (κ3) is 5.58. The molecule has 4 saturated heterocycles. The van der Waals surface area contributed by atoms with Crippen LogP contribution in [-0.2, 0) is 19.0 Å². The summed E-state index contributed by atoms with van der Waals surface area (Å²) in [5.74, 6) is 4.44. The molecule has 0 radical (unpaired) electrons. The van der Waals surface area contributed by atoms with Crippen molar-refractivity contribution in [3.05, 3.63) is 47.9 Å². The molecule has 3 atom stereocenters. The summed E-state index contributed by atoms with van der Waals surface area (Å²) in [5, 5.41) is 21.2. The molecule has 15 heteroatoms. The van der Waals surface area contributed by atoms with E-state index in [2.05, 4.69) is 31.7 Å². The second-order valence-corrected chi connectivity index (χ2v) is 13.0. The van der Waals surface area contributed by atoms with Gasteiger partial charge in [-0.3, -0.25) is 0 Å². The zero-order valence-corrected chi connectivity index (χ0v) is 26.5. The molecule has 1 spiro atoms. The monoisotopic (exact) mass is 677 g/mol. The highest BCUT2D eigenvalue weighted by molar-refractivity contribution is 6.06. The Labute approximate surface area is 278 Å². The fourth-order valence-electron chi connectivity index (χ4n) is 6.85. The number of furan rings is 1. The number of para-hydroxylation sites is 1. The molecular formula is C34H33F2N5O8. The highest BCUT2D eigenvalue weighted by atomic mass is 19.3. The van der Waals surface area contributed by atoms with E-state index in [1.807, 2.05) is 13.0 Å². The van der Waals surface area contributed by atoms with Gasteiger partial charge in [-0.1, -0.05) is 24.0 Å². The number of aromatic nitrogens is 3. The number of carboxylic acids is 1. The molecule has 0 saturated carbocycles. The number of hydrogen-bond donors (Lipinski definition) is 2. The standard InChI is InChI=1S/C34H33F2N5O8/c1-19-34(17-46-18-34)47-10-9-40(19)23-11-20(5-4-8-33(44)15-45-16-33)13-37-31(23)48-21-12-24(32(42)43)41(14-21)30-27-26(38-29(39-30)28(35)36)22-6-2-3-7-25(22)49-27/h2-3,6-7,11,13,19,21,24,28,44H,8-10,12,14-18H2,1H3,(H,42,43)/t19-,21-,24-/m0/s1. The average molecular weight is 678 g/mol. The van der Waals surface area contributed by atoms with Gasteiger partial charge in [-0.15, -0.1) is 0 Å². The maximum absolute atomic E-state index is 14.0. The van der Waals surface area contributed by atoms with E-state index in [0.717, 1.165) is 0 Å². The van der Waals surface area contributed by atoms with Gasteiger partial charge >= 0.3 is 5.97 Å². The van der Waals surface area contributed by atoms with Crippen molar-refractivity contribution < 1.29 is 47.2 Å². The van der Waals surface area contributed by atoms with E-state index in [9.17, 15) is 23.8 Å². The lowest BCUT2D eigenvalue weighted by molar-refractivity contribution is -0.228. The highest BCUT2D eigenvalue weighted by Crippen LogP contribution is 2.41. The molecule has 1 aromatic carbocycles. The Kier molecular flexibility index (Phi) is 7.79. The molecule has 7 heterocycles. The van der Waals surface area contributed by atoms with Crippen LogP contribution in [0, 0.1) is 11.8 Å². The number of halogens is 2. The van der Waals surface area contributed by atoms with Crippen molar-refractivity contribution in [2.75, 3.05) is 55.9 Å². The summed E-state index contributed by atoms with van der Waals surface area (Å²) in [5.41, 5.74) is 0.519. The van der Waals surface area contributed by atoms with E-state index < -0.39 is 41.6 Å². The largest absolute Gasteiger partial charge is 0.480 e. The number of aliphatic hydroxyl groups is 1. The van der Waals surface area contributed by atoms with Gasteiger partial charge in [0, 0.05) is 36.5 Å². The first kappa shape index (κ1) is 31.6. The number of benzene rings is 1. The van der Waals surface area contributed by atoms with E-state index >= 15 is 0 Å². The molecule has 4 aliphatic rings. The Morgan fingerprint density at radius 2 is 1.96 bits per heavy atom. The minimum Gasteiger partial charge on any atom is -0.480 e. The number of anilines is 2. The minimum absolute atomic E-state index is 0.00256. The first-order chi connectivity index (χ1) is 23.6. The molecule has 3 aromatic heterocycles. The van der Waals surface area contributed by atoms with Crippen molar-refractivity contribution in [1.29, 1.82) is 0 Å². The van der Waals surface area contributed by atoms with Crippen LogP contribution >= 0.6 is 0 Å². The average Bonchev–Trinajstić information content (AvgIpc) is 3.65. The van der Waals surface area contributed by atoms with Gasteiger partial charge in [0.1, 0.15) is 40.1 Å². The molecule has 256 valence electrons. The molecule has 0 unspecified atom stereocenters. The Bertz CT molecular complexity index is 1990. The zero-order chi connectivity index (χ0) is 33.9. The van der Waals surface area contributed by atoms with E-state index in [0.29, 0.717) is 48.6 Å². The van der Waals surface area contributed by atoms with Crippen molar-refractivity contribution >= 4 is 39.5 Å². The Balaban J connectivity index is 1.13. The predicted molar refractivity (Wildman–Crippen MR) is 170 cm³/mol. The topological polar surface area (TPSA) is 153 Å². The summed E-state index contributed by atoms with van der Waals surface area (Å²) < 4.78 is 57.4. The van der Waals surface area contributed by atoms with Crippen LogP contribution in [0.1, 0.15) is 37.6 Å². The Morgan fingerprint density at radius 1 is 1.16 bits per heavy atom. The van der Waals surface area contributed by atoms with Crippen LogP contribution in [0.4, 0.5) is 20.3 Å². The fraction of sp³-hybridized carbons (Fsp3) is 0.471. The summed E-state index contributed by atoms with van der Waals surface area (Å²) in [6, 6.07) is 7.47. The number of ether oxygens (including phenoxy) is 4. The number of carboxylic acid groups (broad SMARTS) is 1. The molecule has 2 N–H and O–H groups in total. The first-order valence-electron chi connectivity index (χ1n) is 16.0. The number of rotatable bonds is 7. The lowest BCUT2D eigenvalue weighted by atomic mass is 9.90. The van der Waals surface area contributed by atoms with Crippen LogP contribution in [0.15, 0.2) is 40.9 Å². The first-order valence-corrected chi connectivity index (χ1v) is 16.0. The van der Waals surface area contributed by atoms with Crippen LogP contribution in [0.3, 0.4) is 0 Å². The molecule has 8 rings (SSSR count). The Morgan fingerprint density at radius 3 is 2.67 bits per heavy atom. The summed E-state index contributed by atoms with van der Waals surface area (Å²) in [6.45, 7) is 4.40. The van der Waals surface area contributed by atoms with Crippen LogP contribution in [0.25, 0.3) is 22.1 Å². The van der Waals surface area contributed by atoms with Gasteiger partial charge < -0.3 is 43.4 Å². The zero-order valence-electron chi connectivity index (χ0n) is 26.5. The molecule has 0 amide bonds. The molecule has 4 aliphatic heterocycles. The lowest BCUT2D eigenvalue weighted by Gasteiger charge is -2.53. The van der Waals surface area contributed by atoms with Crippen LogP contribution in [-0.4, -0.2) is 107 Å². The number of nitrogens with zero attached hydrogens (tertiary/aromatic N) is 5. The van der Waals surface area contributed by atoms with Gasteiger partial charge in [-0.25, -0.2) is 28.5 Å². The summed E-state index contributed by atoms with van der Waals surface area (Å²) >= 11 is 0. The van der Waals surface area contributed by atoms with Gasteiger partial charge in [0.2, 0.25) is 5.88 Å². The number of carbonyl (C=O) groups is 1. The maximum Gasteiger partial charge on any atom is 0.326 e. The quantitative estimate of drug-likeness (QED) is 0.276. The minimum atomic E-state index is -2.99. The maximum atomic E-state index is 14.0. The van der Waals surface area contributed by atoms with E-state index in [1.165, 1.54) is 4.90 Å². The number of fused-ring (bicyclic) bond motifs is 3. The predicted octanol–water partition coefficient (Wildman–Crippen LogP) is 3.32. The van der Waals surface area contributed by atoms with E-state index in [1.54, 1.807) is 30.5 Å². The number of morpholine rings is 1. The van der Waals surface area contributed by atoms with Crippen LogP contribution in [0.2, 0.25) is 0 Å². The van der Waals surface area contributed by atoms with Crippen molar-refractivity contribution in [2.45, 2.75) is 55.6 Å². The molecular weight excluding hydrogens is 644 g/mol. The number of aliphatic carboxylic acids is 1. The van der Waals surface area contributed by atoms with Crippen molar-refractivity contribution in [2.24, 2.45) is 0 Å². The van der Waals surface area contributed by atoms with Gasteiger partial charge in [0.15, 0.2) is 17.2 Å². The molecule has 4 aromatic rings. The number of alkyl halides is 2.